The zero-order valence-electron chi connectivity index (χ0n) is 15.6. The van der Waals surface area contributed by atoms with E-state index in [1.54, 1.807) is 11.2 Å². The number of fused-ring (bicyclic) bond motifs is 3. The van der Waals surface area contributed by atoms with Gasteiger partial charge in [-0.25, -0.2) is 10.0 Å². The molecule has 152 valence electrons. The molecule has 2 saturated carbocycles. The highest BCUT2D eigenvalue weighted by Crippen LogP contribution is 2.45. The number of aliphatic imine (C=N–C) groups is 1. The van der Waals surface area contributed by atoms with Crippen molar-refractivity contribution in [3.05, 3.63) is 17.8 Å². The summed E-state index contributed by atoms with van der Waals surface area (Å²) in [4.78, 5) is 9.20. The molecule has 5 rings (SSSR count). The summed E-state index contributed by atoms with van der Waals surface area (Å²) in [5.41, 5.74) is 1.10. The van der Waals surface area contributed by atoms with E-state index in [4.69, 9.17) is 0 Å². The Hall–Kier alpha value is -1.90. The molecule has 9 heteroatoms. The minimum Gasteiger partial charge on any atom is -0.346 e. The number of nitrogens with one attached hydrogen (secondary N) is 1. The van der Waals surface area contributed by atoms with Gasteiger partial charge in [0.15, 0.2) is 0 Å². The van der Waals surface area contributed by atoms with Crippen LogP contribution in [-0.2, 0) is 0 Å². The van der Waals surface area contributed by atoms with Crippen molar-refractivity contribution in [2.24, 2.45) is 27.2 Å². The van der Waals surface area contributed by atoms with Crippen LogP contribution >= 0.6 is 0 Å². The third kappa shape index (κ3) is 3.56. The third-order valence-corrected chi connectivity index (χ3v) is 6.59. The minimum atomic E-state index is -4.13. The predicted octanol–water partition coefficient (Wildman–Crippen LogP) is 4.61. The second-order valence-corrected chi connectivity index (χ2v) is 8.60. The first-order chi connectivity index (χ1) is 13.5. The lowest BCUT2D eigenvalue weighted by Gasteiger charge is -2.39. The Balaban J connectivity index is 1.24. The van der Waals surface area contributed by atoms with Gasteiger partial charge in [-0.2, -0.15) is 18.3 Å². The first-order valence-electron chi connectivity index (χ1n) is 10.2. The zero-order valence-corrected chi connectivity index (χ0v) is 15.6. The highest BCUT2D eigenvalue weighted by molar-refractivity contribution is 5.66. The van der Waals surface area contributed by atoms with Gasteiger partial charge in [-0.05, 0) is 56.4 Å². The number of hydrogen-bond donors (Lipinski definition) is 1. The van der Waals surface area contributed by atoms with Gasteiger partial charge in [0.1, 0.15) is 24.2 Å². The number of nitrogens with zero attached hydrogens (tertiary/aromatic N) is 5. The molecule has 0 radical (unpaired) electrons. The summed E-state index contributed by atoms with van der Waals surface area (Å²) in [6.45, 7) is -0.181. The molecule has 2 aliphatic heterocycles. The Morgan fingerprint density at radius 2 is 1.93 bits per heavy atom. The van der Waals surface area contributed by atoms with E-state index in [0.29, 0.717) is 18.4 Å². The number of alkyl halides is 3. The molecule has 0 saturated heterocycles. The number of hydrogen-bond acceptors (Lipinski definition) is 5. The molecule has 1 aromatic heterocycles. The van der Waals surface area contributed by atoms with Crippen molar-refractivity contribution in [1.29, 1.82) is 0 Å². The fraction of sp³-hybridized carbons (Fsp3) is 0.737. The van der Waals surface area contributed by atoms with Crippen LogP contribution in [0, 0.1) is 11.8 Å². The Labute approximate surface area is 161 Å². The van der Waals surface area contributed by atoms with Crippen LogP contribution < -0.4 is 0 Å². The molecule has 28 heavy (non-hydrogen) atoms. The van der Waals surface area contributed by atoms with Crippen molar-refractivity contribution in [2.45, 2.75) is 62.8 Å². The van der Waals surface area contributed by atoms with E-state index < -0.39 is 12.7 Å². The monoisotopic (exact) mass is 394 g/mol. The maximum Gasteiger partial charge on any atom is 0.401 e. The lowest BCUT2D eigenvalue weighted by atomic mass is 9.77. The van der Waals surface area contributed by atoms with Crippen molar-refractivity contribution < 1.29 is 13.2 Å². The summed E-state index contributed by atoms with van der Waals surface area (Å²) in [7, 11) is 0. The molecule has 6 nitrogen and oxygen atoms in total. The van der Waals surface area contributed by atoms with E-state index in [2.05, 4.69) is 20.3 Å². The van der Waals surface area contributed by atoms with E-state index in [1.165, 1.54) is 0 Å². The standard InChI is InChI=1S/C19H25F3N6/c20-19(21,22)10-27(9-12-1-2-12)14-5-3-13(4-6-14)16-17-15-7-8-23-18(15)24-11-28(17)26-25-16/h7-8,11-14,16-17,23H,1-6,9-10H2. The van der Waals surface area contributed by atoms with Crippen LogP contribution in [0.2, 0.25) is 0 Å². The van der Waals surface area contributed by atoms with Crippen LogP contribution in [0.15, 0.2) is 27.6 Å². The lowest BCUT2D eigenvalue weighted by Crippen LogP contribution is -2.45. The van der Waals surface area contributed by atoms with Crippen LogP contribution in [0.4, 0.5) is 19.0 Å². The predicted molar refractivity (Wildman–Crippen MR) is 98.3 cm³/mol. The molecular weight excluding hydrogens is 369 g/mol. The van der Waals surface area contributed by atoms with Gasteiger partial charge in [-0.15, -0.1) is 0 Å². The Bertz CT molecular complexity index is 760. The van der Waals surface area contributed by atoms with E-state index in [9.17, 15) is 13.2 Å². The number of aromatic amines is 1. The molecule has 0 bridgehead atoms. The zero-order chi connectivity index (χ0) is 19.3. The van der Waals surface area contributed by atoms with Crippen LogP contribution in [-0.4, -0.2) is 52.6 Å². The van der Waals surface area contributed by atoms with E-state index >= 15 is 0 Å². The van der Waals surface area contributed by atoms with Crippen LogP contribution in [0.1, 0.15) is 50.1 Å². The number of halogens is 3. The van der Waals surface area contributed by atoms with Crippen molar-refractivity contribution in [3.63, 3.8) is 0 Å². The van der Waals surface area contributed by atoms with Crippen molar-refractivity contribution in [1.82, 2.24) is 14.9 Å². The Morgan fingerprint density at radius 3 is 2.64 bits per heavy atom. The third-order valence-electron chi connectivity index (χ3n) is 6.59. The van der Waals surface area contributed by atoms with Crippen LogP contribution in [0.3, 0.4) is 0 Å². The number of aromatic nitrogens is 1. The van der Waals surface area contributed by atoms with Crippen molar-refractivity contribution >= 4 is 12.2 Å². The molecule has 2 aliphatic carbocycles. The van der Waals surface area contributed by atoms with E-state index in [1.807, 2.05) is 17.3 Å². The van der Waals surface area contributed by atoms with Gasteiger partial charge in [0.2, 0.25) is 0 Å². The fourth-order valence-corrected chi connectivity index (χ4v) is 5.02. The number of rotatable bonds is 5. The summed E-state index contributed by atoms with van der Waals surface area (Å²) in [5, 5.41) is 10.6. The molecule has 2 unspecified atom stereocenters. The highest BCUT2D eigenvalue weighted by Gasteiger charge is 2.44. The molecule has 3 heterocycles. The molecule has 2 fully saturated rings. The molecule has 2 atom stereocenters. The summed E-state index contributed by atoms with van der Waals surface area (Å²) in [6, 6.07) is 2.16. The van der Waals surface area contributed by atoms with E-state index in [-0.39, 0.29) is 18.1 Å². The van der Waals surface area contributed by atoms with Gasteiger partial charge in [0.25, 0.3) is 0 Å². The Morgan fingerprint density at radius 1 is 1.14 bits per heavy atom. The van der Waals surface area contributed by atoms with Crippen molar-refractivity contribution in [3.8, 4) is 0 Å². The molecule has 0 amide bonds. The van der Waals surface area contributed by atoms with Gasteiger partial charge in [-0.1, -0.05) is 5.22 Å². The van der Waals surface area contributed by atoms with Gasteiger partial charge in [0, 0.05) is 24.3 Å². The Kier molecular flexibility index (Phi) is 4.45. The second-order valence-electron chi connectivity index (χ2n) is 8.60. The quantitative estimate of drug-likeness (QED) is 0.793. The molecule has 0 aromatic carbocycles. The van der Waals surface area contributed by atoms with Gasteiger partial charge in [0.05, 0.1) is 6.54 Å². The largest absolute Gasteiger partial charge is 0.401 e. The van der Waals surface area contributed by atoms with Crippen LogP contribution in [0.25, 0.3) is 0 Å². The van der Waals surface area contributed by atoms with Gasteiger partial charge < -0.3 is 4.98 Å². The van der Waals surface area contributed by atoms with E-state index in [0.717, 1.165) is 49.9 Å². The van der Waals surface area contributed by atoms with Crippen LogP contribution in [0.5, 0.6) is 0 Å². The second kappa shape index (κ2) is 6.86. The summed E-state index contributed by atoms with van der Waals surface area (Å²) in [5.74, 6) is 1.66. The van der Waals surface area contributed by atoms with Crippen molar-refractivity contribution in [2.75, 3.05) is 13.1 Å². The summed E-state index contributed by atoms with van der Waals surface area (Å²) in [6.07, 6.45) is 5.01. The summed E-state index contributed by atoms with van der Waals surface area (Å²) < 4.78 is 39.2. The molecule has 4 aliphatic rings. The molecule has 1 N–H and O–H groups in total. The number of H-pyrrole nitrogens is 1. The first kappa shape index (κ1) is 18.1. The topological polar surface area (TPSA) is 59.4 Å². The molecular formula is C19H25F3N6. The maximum atomic E-state index is 13.1. The minimum absolute atomic E-state index is 0.0312. The SMILES string of the molecule is FC(F)(F)CN(CC1CC1)C1CCC(C2N=NN3C=Nc4[nH]ccc4C23)CC1. The maximum absolute atomic E-state index is 13.1. The summed E-state index contributed by atoms with van der Waals surface area (Å²) >= 11 is 0. The smallest absolute Gasteiger partial charge is 0.346 e. The molecule has 0 spiro atoms. The average Bonchev–Trinajstić information content (AvgIpc) is 3.17. The lowest BCUT2D eigenvalue weighted by molar-refractivity contribution is -0.153. The average molecular weight is 394 g/mol. The van der Waals surface area contributed by atoms with Gasteiger partial charge in [-0.3, -0.25) is 4.90 Å². The highest BCUT2D eigenvalue weighted by atomic mass is 19.4. The van der Waals surface area contributed by atoms with Gasteiger partial charge >= 0.3 is 6.18 Å². The fourth-order valence-electron chi connectivity index (χ4n) is 5.02. The first-order valence-corrected chi connectivity index (χ1v) is 10.2. The molecule has 1 aromatic rings. The normalized spacial score (nSPS) is 32.1.